The summed E-state index contributed by atoms with van der Waals surface area (Å²) in [6.45, 7) is 0.818. The van der Waals surface area contributed by atoms with Crippen molar-refractivity contribution in [2.75, 3.05) is 6.54 Å². The summed E-state index contributed by atoms with van der Waals surface area (Å²) in [6.07, 6.45) is -1.27. The number of rotatable bonds is 16. The molecule has 2 fully saturated rings. The highest BCUT2D eigenvalue weighted by atomic mass is 16.7. The number of aldehydes is 1. The van der Waals surface area contributed by atoms with Crippen LogP contribution in [-0.4, -0.2) is 97.8 Å². The van der Waals surface area contributed by atoms with E-state index in [4.69, 9.17) is 31.4 Å². The number of benzene rings is 4. The number of carbonyl (C=O) groups is 4. The summed E-state index contributed by atoms with van der Waals surface area (Å²) in [5.41, 5.74) is 18.2. The minimum Gasteiger partial charge on any atom is -0.507 e. The van der Waals surface area contributed by atoms with Crippen LogP contribution >= 0.6 is 0 Å². The smallest absolute Gasteiger partial charge is 0.308 e. The van der Waals surface area contributed by atoms with Crippen LogP contribution in [0.5, 0.6) is 17.2 Å². The van der Waals surface area contributed by atoms with Gasteiger partial charge in [0.1, 0.15) is 35.6 Å². The Kier molecular flexibility index (Phi) is 14.7. The molecule has 0 radical (unpaired) electrons. The molecule has 0 bridgehead atoms. The van der Waals surface area contributed by atoms with Crippen LogP contribution < -0.4 is 26.7 Å². The molecule has 6 atom stereocenters. The fourth-order valence-electron chi connectivity index (χ4n) is 9.30. The molecule has 16 nitrogen and oxygen atoms in total. The fourth-order valence-corrected chi connectivity index (χ4v) is 9.30. The first-order chi connectivity index (χ1) is 31.2. The van der Waals surface area contributed by atoms with E-state index < -0.39 is 78.4 Å². The van der Waals surface area contributed by atoms with E-state index in [9.17, 15) is 45.0 Å². The number of fused-ring (bicyclic) bond motifs is 2. The molecule has 0 unspecified atom stereocenters. The number of ketones is 2. The summed E-state index contributed by atoms with van der Waals surface area (Å²) in [4.78, 5) is 55.0. The van der Waals surface area contributed by atoms with Crippen molar-refractivity contribution in [3.63, 3.8) is 0 Å². The zero-order chi connectivity index (χ0) is 46.7. The molecular formula is C49H55N3O13. The molecule has 1 saturated heterocycles. The molecule has 12 N–H and O–H groups in total. The summed E-state index contributed by atoms with van der Waals surface area (Å²) >= 11 is 0. The maximum absolute atomic E-state index is 15.1. The third-order valence-electron chi connectivity index (χ3n) is 12.5. The molecular weight excluding hydrogens is 839 g/mol. The number of esters is 1. The molecule has 16 heteroatoms. The Bertz CT molecular complexity index is 2500. The van der Waals surface area contributed by atoms with E-state index in [1.165, 1.54) is 18.2 Å². The first-order valence-corrected chi connectivity index (χ1v) is 21.7. The summed E-state index contributed by atoms with van der Waals surface area (Å²) in [5.74, 6) is -3.78. The highest BCUT2D eigenvalue weighted by Gasteiger charge is 2.49. The van der Waals surface area contributed by atoms with Crippen LogP contribution in [0, 0.1) is 5.92 Å². The number of phenols is 1. The summed E-state index contributed by atoms with van der Waals surface area (Å²) in [5, 5.41) is 66.8. The van der Waals surface area contributed by atoms with E-state index in [1.807, 2.05) is 12.1 Å². The number of carbonyl (C=O) groups excluding carboxylic acids is 4. The molecule has 344 valence electrons. The number of ether oxygens (including phenoxy) is 3. The molecule has 65 heavy (non-hydrogen) atoms. The van der Waals surface area contributed by atoms with E-state index in [-0.39, 0.29) is 68.3 Å². The highest BCUT2D eigenvalue weighted by molar-refractivity contribution is 6.31. The van der Waals surface area contributed by atoms with Gasteiger partial charge in [0.05, 0.1) is 30.5 Å². The van der Waals surface area contributed by atoms with Crippen molar-refractivity contribution < 1.29 is 64.0 Å². The minimum absolute atomic E-state index is 0.00364. The van der Waals surface area contributed by atoms with E-state index in [1.54, 1.807) is 36.4 Å². The number of hydrogen-bond donors (Lipinski definition) is 9. The van der Waals surface area contributed by atoms with Crippen molar-refractivity contribution in [2.45, 2.75) is 108 Å². The molecule has 0 amide bonds. The third kappa shape index (κ3) is 9.68. The number of phenolic OH excluding ortho intramolecular Hbond substituents is 1. The van der Waals surface area contributed by atoms with Gasteiger partial charge in [0, 0.05) is 46.7 Å². The topological polar surface area (TPSA) is 295 Å². The zero-order valence-electron chi connectivity index (χ0n) is 35.9. The van der Waals surface area contributed by atoms with Gasteiger partial charge >= 0.3 is 5.97 Å². The second kappa shape index (κ2) is 20.2. The van der Waals surface area contributed by atoms with Gasteiger partial charge in [-0.2, -0.15) is 0 Å². The average Bonchev–Trinajstić information content (AvgIpc) is 3.82. The predicted molar refractivity (Wildman–Crippen MR) is 237 cm³/mol. The van der Waals surface area contributed by atoms with Gasteiger partial charge in [0.25, 0.3) is 0 Å². The number of hydrogen-bond acceptors (Lipinski definition) is 16. The third-order valence-corrected chi connectivity index (χ3v) is 12.5. The van der Waals surface area contributed by atoms with Crippen molar-refractivity contribution in [3.05, 3.63) is 121 Å². The molecule has 3 aliphatic rings. The van der Waals surface area contributed by atoms with Crippen LogP contribution in [0.2, 0.25) is 0 Å². The van der Waals surface area contributed by atoms with Crippen LogP contribution in [0.15, 0.2) is 54.6 Å². The number of aliphatic hydroxyl groups excluding tert-OH is 5. The maximum atomic E-state index is 15.1. The molecule has 1 aliphatic heterocycles. The molecule has 7 rings (SSSR count). The molecule has 1 saturated carbocycles. The van der Waals surface area contributed by atoms with Gasteiger partial charge in [-0.15, -0.1) is 0 Å². The summed E-state index contributed by atoms with van der Waals surface area (Å²) in [6, 6.07) is 14.4. The van der Waals surface area contributed by atoms with Crippen LogP contribution in [0.3, 0.4) is 0 Å². The maximum Gasteiger partial charge on any atom is 0.308 e. The van der Waals surface area contributed by atoms with Gasteiger partial charge in [-0.05, 0) is 90.6 Å². The lowest BCUT2D eigenvalue weighted by atomic mass is 9.77. The average molecular weight is 894 g/mol. The Morgan fingerprint density at radius 3 is 2.31 bits per heavy atom. The van der Waals surface area contributed by atoms with Crippen molar-refractivity contribution >= 4 is 36.0 Å². The van der Waals surface area contributed by atoms with Gasteiger partial charge < -0.3 is 62.1 Å². The molecule has 1 heterocycles. The van der Waals surface area contributed by atoms with Crippen molar-refractivity contribution in [1.29, 1.82) is 0 Å². The Labute approximate surface area is 375 Å². The van der Waals surface area contributed by atoms with Gasteiger partial charge in [0.2, 0.25) is 6.29 Å². The standard InChI is InChI=1S/C49H55N3O13/c1-24(55)63-36-20-29(22-53)38-39(32(36)15-14-25-7-4-8-26(17-25)18-30(56)12-6-16-50)42(58)34-21-37(64-49-46(62)44(60)45(61)47(65-49)27-9-2-3-10-27)33(41(57)40(34)43(38)59)19-28-11-5-13-31(48(51)52)35(28)23-54/h4-5,7-8,11,13-15,17,20-21,23,27,30,44-49,53,56-57,60-62H,2-3,6,9-10,12,16,18-19,22,50-52H2,1H3/b15-14+/t30-,44-,45+,46-,47+,49+/m1/s1. The van der Waals surface area contributed by atoms with Crippen LogP contribution in [0.4, 0.5) is 0 Å². The number of nitrogens with two attached hydrogens (primary N) is 3. The Morgan fingerprint density at radius 1 is 0.892 bits per heavy atom. The Hall–Kier alpha value is -5.66. The van der Waals surface area contributed by atoms with Gasteiger partial charge in [-0.3, -0.25) is 19.2 Å². The largest absolute Gasteiger partial charge is 0.507 e. The molecule has 0 spiro atoms. The SMILES string of the molecule is CC(=O)Oc1cc(CO)c2c(c1/C=C/c1cccc(C[C@H](O)CCCN)c1)C(=O)c1cc(O[C@H]3O[C@@H](C4CCCC4)[C@@H](O)[C@@H](O)[C@H]3O)c(Cc3cccc(C(N)N)c3C=O)c(O)c1C2=O. The van der Waals surface area contributed by atoms with Crippen molar-refractivity contribution in [1.82, 2.24) is 0 Å². The van der Waals surface area contributed by atoms with Crippen LogP contribution in [0.25, 0.3) is 12.2 Å². The monoisotopic (exact) mass is 893 g/mol. The summed E-state index contributed by atoms with van der Waals surface area (Å²) < 4.78 is 18.1. The molecule has 2 aliphatic carbocycles. The second-order valence-electron chi connectivity index (χ2n) is 16.9. The first-order valence-electron chi connectivity index (χ1n) is 21.7. The lowest BCUT2D eigenvalue weighted by Crippen LogP contribution is -2.60. The lowest BCUT2D eigenvalue weighted by molar-refractivity contribution is -0.282. The van der Waals surface area contributed by atoms with E-state index in [0.717, 1.165) is 25.3 Å². The second-order valence-corrected chi connectivity index (χ2v) is 16.9. The highest BCUT2D eigenvalue weighted by Crippen LogP contribution is 2.46. The molecule has 4 aromatic rings. The molecule has 0 aromatic heterocycles. The van der Waals surface area contributed by atoms with Crippen molar-refractivity contribution in [2.24, 2.45) is 23.1 Å². The van der Waals surface area contributed by atoms with Crippen LogP contribution in [-0.2, 0) is 29.0 Å². The zero-order valence-corrected chi connectivity index (χ0v) is 35.9. The van der Waals surface area contributed by atoms with Gasteiger partial charge in [-0.25, -0.2) is 0 Å². The Morgan fingerprint density at radius 2 is 1.63 bits per heavy atom. The fraction of sp³-hybridized carbons (Fsp3) is 0.388. The normalized spacial score (nSPS) is 21.4. The number of aliphatic hydroxyl groups is 5. The van der Waals surface area contributed by atoms with E-state index >= 15 is 4.79 Å². The van der Waals surface area contributed by atoms with Gasteiger partial charge in [-0.1, -0.05) is 61.4 Å². The predicted octanol–water partition coefficient (Wildman–Crippen LogP) is 3.09. The quantitative estimate of drug-likeness (QED) is 0.0226. The molecule has 4 aromatic carbocycles. The van der Waals surface area contributed by atoms with Crippen LogP contribution in [0.1, 0.15) is 133 Å². The first kappa shape index (κ1) is 47.3. The minimum atomic E-state index is -1.82. The summed E-state index contributed by atoms with van der Waals surface area (Å²) in [7, 11) is 0. The lowest BCUT2D eigenvalue weighted by Gasteiger charge is -2.42. The van der Waals surface area contributed by atoms with E-state index in [2.05, 4.69) is 0 Å². The van der Waals surface area contributed by atoms with Gasteiger partial charge in [0.15, 0.2) is 17.9 Å². The van der Waals surface area contributed by atoms with E-state index in [0.29, 0.717) is 56.1 Å². The Balaban J connectivity index is 1.39. The number of aromatic hydroxyl groups is 1. The van der Waals surface area contributed by atoms with Crippen molar-refractivity contribution in [3.8, 4) is 17.2 Å².